The smallest absolute Gasteiger partial charge is 0.263 e. The van der Waals surface area contributed by atoms with Gasteiger partial charge in [-0.15, -0.1) is 0 Å². The number of likely N-dealkylation sites (tertiary alicyclic amines) is 1. The van der Waals surface area contributed by atoms with Gasteiger partial charge in [-0.2, -0.15) is 0 Å². The van der Waals surface area contributed by atoms with Crippen LogP contribution in [0.4, 0.5) is 8.78 Å². The summed E-state index contributed by atoms with van der Waals surface area (Å²) in [5, 5.41) is 3.84. The lowest BCUT2D eigenvalue weighted by molar-refractivity contribution is -0.124. The van der Waals surface area contributed by atoms with Gasteiger partial charge < -0.3 is 10.2 Å². The Bertz CT molecular complexity index is 449. The lowest BCUT2D eigenvalue weighted by Gasteiger charge is -2.50. The average Bonchev–Trinajstić information content (AvgIpc) is 2.41. The van der Waals surface area contributed by atoms with Gasteiger partial charge in [-0.1, -0.05) is 20.8 Å². The maximum Gasteiger partial charge on any atom is 0.263 e. The average molecular weight is 359 g/mol. The first-order chi connectivity index (χ1) is 11.3. The number of nitrogens with one attached hydrogen (secondary N) is 1. The van der Waals surface area contributed by atoms with Gasteiger partial charge in [0, 0.05) is 17.0 Å². The van der Waals surface area contributed by atoms with Crippen molar-refractivity contribution >= 4 is 0 Å². The van der Waals surface area contributed by atoms with E-state index >= 15 is 0 Å². The summed E-state index contributed by atoms with van der Waals surface area (Å²) in [4.78, 5) is 1.77. The second-order valence-electron chi connectivity index (χ2n) is 10.4. The van der Waals surface area contributed by atoms with Gasteiger partial charge in [0.2, 0.25) is 0 Å². The standard InChI is InChI=1S/C21H40F2N2/c1-15(2)17-12-19(4,5)24-20(6,13-17)10-8-16(3)18-9-11-25(7)14-21(18,22)23/h15-18,24H,8-14H2,1-7H3. The van der Waals surface area contributed by atoms with E-state index in [9.17, 15) is 8.78 Å². The number of halogens is 2. The van der Waals surface area contributed by atoms with Crippen molar-refractivity contribution in [3.05, 3.63) is 0 Å². The number of hydrogen-bond acceptors (Lipinski definition) is 2. The van der Waals surface area contributed by atoms with Crippen LogP contribution in [0, 0.1) is 23.7 Å². The summed E-state index contributed by atoms with van der Waals surface area (Å²) in [7, 11) is 1.80. The largest absolute Gasteiger partial charge is 0.307 e. The van der Waals surface area contributed by atoms with Crippen molar-refractivity contribution in [3.63, 3.8) is 0 Å². The van der Waals surface area contributed by atoms with Crippen LogP contribution < -0.4 is 5.32 Å². The highest BCUT2D eigenvalue weighted by Crippen LogP contribution is 2.42. The van der Waals surface area contributed by atoms with E-state index in [1.54, 1.807) is 11.9 Å². The summed E-state index contributed by atoms with van der Waals surface area (Å²) in [6, 6.07) is 0. The zero-order valence-electron chi connectivity index (χ0n) is 17.5. The quantitative estimate of drug-likeness (QED) is 0.728. The Balaban J connectivity index is 1.99. The topological polar surface area (TPSA) is 15.3 Å². The van der Waals surface area contributed by atoms with Gasteiger partial charge in [0.15, 0.2) is 0 Å². The van der Waals surface area contributed by atoms with Gasteiger partial charge in [0.05, 0.1) is 6.54 Å². The normalized spacial score (nSPS) is 37.2. The third-order valence-corrected chi connectivity index (χ3v) is 6.75. The molecule has 2 saturated heterocycles. The van der Waals surface area contributed by atoms with Gasteiger partial charge >= 0.3 is 0 Å². The zero-order chi connectivity index (χ0) is 19.0. The molecule has 0 amide bonds. The van der Waals surface area contributed by atoms with Crippen LogP contribution in [0.25, 0.3) is 0 Å². The molecule has 0 bridgehead atoms. The molecule has 2 heterocycles. The molecule has 4 unspecified atom stereocenters. The fraction of sp³-hybridized carbons (Fsp3) is 1.00. The van der Waals surface area contributed by atoms with Gasteiger partial charge in [0.1, 0.15) is 0 Å². The molecule has 2 fully saturated rings. The van der Waals surface area contributed by atoms with Gasteiger partial charge in [-0.25, -0.2) is 8.78 Å². The first-order valence-corrected chi connectivity index (χ1v) is 10.2. The van der Waals surface area contributed by atoms with Crippen LogP contribution >= 0.6 is 0 Å². The minimum Gasteiger partial charge on any atom is -0.307 e. The van der Waals surface area contributed by atoms with Crippen molar-refractivity contribution in [2.24, 2.45) is 23.7 Å². The molecule has 1 N–H and O–H groups in total. The summed E-state index contributed by atoms with van der Waals surface area (Å²) in [6.07, 6.45) is 4.85. The lowest BCUT2D eigenvalue weighted by Crippen LogP contribution is -2.60. The van der Waals surface area contributed by atoms with Crippen LogP contribution in [0.1, 0.15) is 73.6 Å². The van der Waals surface area contributed by atoms with E-state index in [0.29, 0.717) is 18.3 Å². The summed E-state index contributed by atoms with van der Waals surface area (Å²) in [5.41, 5.74) is 0.189. The Morgan fingerprint density at radius 2 is 1.76 bits per heavy atom. The Morgan fingerprint density at radius 3 is 2.32 bits per heavy atom. The zero-order valence-corrected chi connectivity index (χ0v) is 17.5. The maximum absolute atomic E-state index is 14.5. The number of rotatable bonds is 5. The van der Waals surface area contributed by atoms with E-state index in [4.69, 9.17) is 0 Å². The maximum atomic E-state index is 14.5. The number of piperidine rings is 2. The molecule has 2 aliphatic rings. The Kier molecular flexibility index (Phi) is 6.26. The Labute approximate surface area is 154 Å². The predicted octanol–water partition coefficient (Wildman–Crippen LogP) is 5.18. The highest BCUT2D eigenvalue weighted by Gasteiger charge is 2.47. The first kappa shape index (κ1) is 21.1. The SMILES string of the molecule is CC(C)C1CC(C)(C)NC(C)(CCC(C)C2CCN(C)CC2(F)F)C1. The van der Waals surface area contributed by atoms with Crippen LogP contribution in [-0.4, -0.2) is 42.0 Å². The van der Waals surface area contributed by atoms with Crippen molar-refractivity contribution in [2.45, 2.75) is 90.6 Å². The number of alkyl halides is 2. The lowest BCUT2D eigenvalue weighted by atomic mass is 9.68. The molecule has 2 rings (SSSR count). The van der Waals surface area contributed by atoms with E-state index in [-0.39, 0.29) is 23.5 Å². The summed E-state index contributed by atoms with van der Waals surface area (Å²) >= 11 is 0. The molecule has 4 heteroatoms. The molecule has 0 aromatic rings. The first-order valence-electron chi connectivity index (χ1n) is 10.2. The van der Waals surface area contributed by atoms with E-state index in [2.05, 4.69) is 39.9 Å². The molecule has 0 radical (unpaired) electrons. The Hall–Kier alpha value is -0.220. The fourth-order valence-corrected chi connectivity index (χ4v) is 5.44. The fourth-order valence-electron chi connectivity index (χ4n) is 5.44. The van der Waals surface area contributed by atoms with E-state index in [1.807, 2.05) is 6.92 Å². The van der Waals surface area contributed by atoms with Crippen molar-refractivity contribution in [1.82, 2.24) is 10.2 Å². The van der Waals surface area contributed by atoms with E-state index < -0.39 is 11.8 Å². The molecule has 25 heavy (non-hydrogen) atoms. The van der Waals surface area contributed by atoms with Crippen LogP contribution in [0.3, 0.4) is 0 Å². The molecule has 0 aromatic carbocycles. The third kappa shape index (κ3) is 5.38. The number of nitrogens with zero attached hydrogens (tertiary/aromatic N) is 1. The predicted molar refractivity (Wildman–Crippen MR) is 102 cm³/mol. The summed E-state index contributed by atoms with van der Waals surface area (Å²) < 4.78 is 28.9. The molecule has 4 atom stereocenters. The second-order valence-corrected chi connectivity index (χ2v) is 10.4. The monoisotopic (exact) mass is 358 g/mol. The summed E-state index contributed by atoms with van der Waals surface area (Å²) in [6.45, 7) is 14.3. The third-order valence-electron chi connectivity index (χ3n) is 6.75. The van der Waals surface area contributed by atoms with Gasteiger partial charge in [-0.05, 0) is 84.2 Å². The van der Waals surface area contributed by atoms with Crippen LogP contribution in [0.2, 0.25) is 0 Å². The highest BCUT2D eigenvalue weighted by molar-refractivity contribution is 5.00. The molecule has 2 aliphatic heterocycles. The molecule has 148 valence electrons. The van der Waals surface area contributed by atoms with Crippen molar-refractivity contribution < 1.29 is 8.78 Å². The molecular weight excluding hydrogens is 318 g/mol. The molecule has 0 aromatic heterocycles. The minimum atomic E-state index is -2.55. The van der Waals surface area contributed by atoms with Gasteiger partial charge in [0.25, 0.3) is 5.92 Å². The molecule has 2 nitrogen and oxygen atoms in total. The van der Waals surface area contributed by atoms with Crippen molar-refractivity contribution in [2.75, 3.05) is 20.1 Å². The summed E-state index contributed by atoms with van der Waals surface area (Å²) in [5.74, 6) is -1.56. The molecule has 0 aliphatic carbocycles. The molecule has 0 saturated carbocycles. The van der Waals surface area contributed by atoms with Crippen LogP contribution in [0.5, 0.6) is 0 Å². The van der Waals surface area contributed by atoms with Crippen molar-refractivity contribution in [3.8, 4) is 0 Å². The van der Waals surface area contributed by atoms with Gasteiger partial charge in [-0.3, -0.25) is 0 Å². The molecular formula is C21H40F2N2. The highest BCUT2D eigenvalue weighted by atomic mass is 19.3. The van der Waals surface area contributed by atoms with E-state index in [0.717, 1.165) is 25.8 Å². The number of hydrogen-bond donors (Lipinski definition) is 1. The second kappa shape index (κ2) is 7.42. The van der Waals surface area contributed by atoms with Crippen LogP contribution in [0.15, 0.2) is 0 Å². The van der Waals surface area contributed by atoms with E-state index in [1.165, 1.54) is 6.42 Å². The Morgan fingerprint density at radius 1 is 1.12 bits per heavy atom. The molecule has 0 spiro atoms. The van der Waals surface area contributed by atoms with Crippen LogP contribution in [-0.2, 0) is 0 Å². The van der Waals surface area contributed by atoms with Crippen molar-refractivity contribution in [1.29, 1.82) is 0 Å². The minimum absolute atomic E-state index is 0.0612.